The summed E-state index contributed by atoms with van der Waals surface area (Å²) in [7, 11) is 0. The van der Waals surface area contributed by atoms with E-state index in [0.717, 1.165) is 17.2 Å². The highest BCUT2D eigenvalue weighted by molar-refractivity contribution is 7.99. The molecule has 2 unspecified atom stereocenters. The Morgan fingerprint density at radius 2 is 1.95 bits per heavy atom. The van der Waals surface area contributed by atoms with Gasteiger partial charge in [0.1, 0.15) is 17.5 Å². The molecule has 0 saturated heterocycles. The molecular weight excluding hydrogens is 260 g/mol. The van der Waals surface area contributed by atoms with Gasteiger partial charge >= 0.3 is 0 Å². The maximum Gasteiger partial charge on any atom is 0.135 e. The first kappa shape index (κ1) is 16.0. The molecule has 1 aromatic heterocycles. The molecule has 0 aliphatic carbocycles. The van der Waals surface area contributed by atoms with Crippen molar-refractivity contribution in [3.8, 4) is 0 Å². The summed E-state index contributed by atoms with van der Waals surface area (Å²) in [5.74, 6) is 2.24. The van der Waals surface area contributed by atoms with Crippen molar-refractivity contribution in [2.75, 3.05) is 23.9 Å². The SMILES string of the molecule is CSC(CO)C(C)Nc1nc(C(C)C)nc(N)c1C. The maximum atomic E-state index is 9.32. The topological polar surface area (TPSA) is 84.1 Å². The van der Waals surface area contributed by atoms with Crippen molar-refractivity contribution in [3.63, 3.8) is 0 Å². The lowest BCUT2D eigenvalue weighted by molar-refractivity contribution is 0.288. The molecule has 1 heterocycles. The van der Waals surface area contributed by atoms with E-state index in [-0.39, 0.29) is 23.8 Å². The third-order valence-electron chi connectivity index (χ3n) is 3.12. The van der Waals surface area contributed by atoms with Crippen LogP contribution in [-0.4, -0.2) is 39.2 Å². The fraction of sp³-hybridized carbons (Fsp3) is 0.692. The van der Waals surface area contributed by atoms with Gasteiger partial charge in [0.15, 0.2) is 0 Å². The molecule has 0 aromatic carbocycles. The fourth-order valence-corrected chi connectivity index (χ4v) is 2.32. The zero-order valence-electron chi connectivity index (χ0n) is 12.3. The average Bonchev–Trinajstić information content (AvgIpc) is 2.35. The summed E-state index contributed by atoms with van der Waals surface area (Å²) in [6, 6.07) is 0.105. The van der Waals surface area contributed by atoms with Crippen molar-refractivity contribution in [2.45, 2.75) is 44.9 Å². The van der Waals surface area contributed by atoms with Crippen LogP contribution in [0.25, 0.3) is 0 Å². The second kappa shape index (κ2) is 6.96. The van der Waals surface area contributed by atoms with E-state index < -0.39 is 0 Å². The van der Waals surface area contributed by atoms with Gasteiger partial charge in [-0.3, -0.25) is 0 Å². The summed E-state index contributed by atoms with van der Waals surface area (Å²) in [6.45, 7) is 8.14. The Kier molecular flexibility index (Phi) is 5.87. The van der Waals surface area contributed by atoms with E-state index in [1.807, 2.05) is 34.0 Å². The average molecular weight is 284 g/mol. The van der Waals surface area contributed by atoms with Crippen molar-refractivity contribution in [1.82, 2.24) is 9.97 Å². The summed E-state index contributed by atoms with van der Waals surface area (Å²) in [5, 5.41) is 12.8. The number of aliphatic hydroxyl groups is 1. The van der Waals surface area contributed by atoms with Gasteiger partial charge in [0, 0.05) is 22.8 Å². The van der Waals surface area contributed by atoms with Gasteiger partial charge in [0.25, 0.3) is 0 Å². The quantitative estimate of drug-likeness (QED) is 0.741. The van der Waals surface area contributed by atoms with Gasteiger partial charge in [0.2, 0.25) is 0 Å². The first-order chi connectivity index (χ1) is 8.90. The Bertz CT molecular complexity index is 421. The molecule has 0 aliphatic heterocycles. The number of thioether (sulfide) groups is 1. The summed E-state index contributed by atoms with van der Waals surface area (Å²) in [6.07, 6.45) is 1.99. The molecule has 1 rings (SSSR count). The van der Waals surface area contributed by atoms with Gasteiger partial charge < -0.3 is 16.2 Å². The van der Waals surface area contributed by atoms with E-state index in [2.05, 4.69) is 15.3 Å². The van der Waals surface area contributed by atoms with Crippen LogP contribution in [0.1, 0.15) is 38.1 Å². The minimum absolute atomic E-state index is 0.105. The fourth-order valence-electron chi connectivity index (χ4n) is 1.70. The van der Waals surface area contributed by atoms with Crippen molar-refractivity contribution in [3.05, 3.63) is 11.4 Å². The Hall–Kier alpha value is -1.01. The summed E-state index contributed by atoms with van der Waals surface area (Å²) in [5.41, 5.74) is 6.79. The van der Waals surface area contributed by atoms with Crippen LogP contribution in [0.15, 0.2) is 0 Å². The molecule has 1 aromatic rings. The van der Waals surface area contributed by atoms with Crippen LogP contribution in [0, 0.1) is 6.92 Å². The molecule has 0 bridgehead atoms. The van der Waals surface area contributed by atoms with Crippen LogP contribution < -0.4 is 11.1 Å². The molecule has 4 N–H and O–H groups in total. The van der Waals surface area contributed by atoms with E-state index >= 15 is 0 Å². The molecule has 19 heavy (non-hydrogen) atoms. The lowest BCUT2D eigenvalue weighted by Gasteiger charge is -2.23. The number of nitrogen functional groups attached to an aromatic ring is 1. The third kappa shape index (κ3) is 3.98. The highest BCUT2D eigenvalue weighted by Gasteiger charge is 2.18. The number of aliphatic hydroxyl groups excluding tert-OH is 1. The van der Waals surface area contributed by atoms with Crippen molar-refractivity contribution >= 4 is 23.4 Å². The van der Waals surface area contributed by atoms with Crippen LogP contribution in [0.4, 0.5) is 11.6 Å². The lowest BCUT2D eigenvalue weighted by atomic mass is 10.2. The van der Waals surface area contributed by atoms with Crippen LogP contribution in [-0.2, 0) is 0 Å². The first-order valence-corrected chi connectivity index (χ1v) is 7.73. The standard InChI is InChI=1S/C13H24N4OS/c1-7(2)12-16-11(14)8(3)13(17-12)15-9(4)10(6-18)19-5/h7,9-10,18H,6H2,1-5H3,(H3,14,15,16,17). The molecule has 5 nitrogen and oxygen atoms in total. The van der Waals surface area contributed by atoms with Crippen LogP contribution in [0.3, 0.4) is 0 Å². The van der Waals surface area contributed by atoms with E-state index in [4.69, 9.17) is 5.73 Å². The Labute approximate surface area is 119 Å². The van der Waals surface area contributed by atoms with Crippen LogP contribution >= 0.6 is 11.8 Å². The number of rotatable bonds is 6. The smallest absolute Gasteiger partial charge is 0.135 e. The molecule has 108 valence electrons. The molecule has 0 fully saturated rings. The van der Waals surface area contributed by atoms with E-state index in [1.165, 1.54) is 0 Å². The monoisotopic (exact) mass is 284 g/mol. The van der Waals surface area contributed by atoms with Gasteiger partial charge in [-0.05, 0) is 20.1 Å². The third-order valence-corrected chi connectivity index (χ3v) is 4.28. The van der Waals surface area contributed by atoms with Gasteiger partial charge in [-0.15, -0.1) is 0 Å². The summed E-state index contributed by atoms with van der Waals surface area (Å²) >= 11 is 1.63. The number of hydrogen-bond acceptors (Lipinski definition) is 6. The van der Waals surface area contributed by atoms with Crippen LogP contribution in [0.5, 0.6) is 0 Å². The number of hydrogen-bond donors (Lipinski definition) is 3. The predicted molar refractivity (Wildman–Crippen MR) is 82.7 cm³/mol. The highest BCUT2D eigenvalue weighted by atomic mass is 32.2. The summed E-state index contributed by atoms with van der Waals surface area (Å²) < 4.78 is 0. The zero-order chi connectivity index (χ0) is 14.6. The maximum absolute atomic E-state index is 9.32. The van der Waals surface area contributed by atoms with Crippen molar-refractivity contribution < 1.29 is 5.11 Å². The Morgan fingerprint density at radius 3 is 2.42 bits per heavy atom. The number of nitrogens with one attached hydrogen (secondary N) is 1. The second-order valence-corrected chi connectivity index (χ2v) is 6.06. The number of aromatic nitrogens is 2. The van der Waals surface area contributed by atoms with Gasteiger partial charge in [-0.25, -0.2) is 9.97 Å². The summed E-state index contributed by atoms with van der Waals surface area (Å²) in [4.78, 5) is 8.83. The molecule has 2 atom stereocenters. The van der Waals surface area contributed by atoms with Gasteiger partial charge in [0.05, 0.1) is 6.61 Å². The van der Waals surface area contributed by atoms with Crippen molar-refractivity contribution in [2.24, 2.45) is 0 Å². The number of nitrogens with two attached hydrogens (primary N) is 1. The molecule has 0 saturated carbocycles. The molecule has 0 amide bonds. The van der Waals surface area contributed by atoms with Gasteiger partial charge in [-0.2, -0.15) is 11.8 Å². The molecule has 6 heteroatoms. The minimum Gasteiger partial charge on any atom is -0.395 e. The van der Waals surface area contributed by atoms with Crippen molar-refractivity contribution in [1.29, 1.82) is 0 Å². The van der Waals surface area contributed by atoms with E-state index in [1.54, 1.807) is 11.8 Å². The zero-order valence-corrected chi connectivity index (χ0v) is 13.1. The lowest BCUT2D eigenvalue weighted by Crippen LogP contribution is -2.32. The predicted octanol–water partition coefficient (Wildman–Crippen LogP) is 2.01. The van der Waals surface area contributed by atoms with E-state index in [9.17, 15) is 5.11 Å². The molecular formula is C13H24N4OS. The molecule has 0 aliphatic rings. The highest BCUT2D eigenvalue weighted by Crippen LogP contribution is 2.23. The minimum atomic E-state index is 0.105. The van der Waals surface area contributed by atoms with Gasteiger partial charge in [-0.1, -0.05) is 13.8 Å². The largest absolute Gasteiger partial charge is 0.395 e. The first-order valence-electron chi connectivity index (χ1n) is 6.44. The Morgan fingerprint density at radius 1 is 1.32 bits per heavy atom. The van der Waals surface area contributed by atoms with Crippen LogP contribution in [0.2, 0.25) is 0 Å². The number of nitrogens with zero attached hydrogens (tertiary/aromatic N) is 2. The normalized spacial score (nSPS) is 14.5. The molecule has 0 radical (unpaired) electrons. The molecule has 0 spiro atoms. The van der Waals surface area contributed by atoms with E-state index in [0.29, 0.717) is 5.82 Å². The number of anilines is 2. The second-order valence-electron chi connectivity index (χ2n) is 4.99. The Balaban J connectivity index is 2.99.